The molecule has 1 aromatic rings. The van der Waals surface area contributed by atoms with Gasteiger partial charge in [0, 0.05) is 6.92 Å². The van der Waals surface area contributed by atoms with Crippen molar-refractivity contribution < 1.29 is 9.53 Å². The molecule has 0 fully saturated rings. The van der Waals surface area contributed by atoms with Gasteiger partial charge >= 0.3 is 0 Å². The Hall–Kier alpha value is -1.51. The lowest BCUT2D eigenvalue weighted by Crippen LogP contribution is -2.06. The molecule has 0 saturated heterocycles. The summed E-state index contributed by atoms with van der Waals surface area (Å²) < 4.78 is 5.03. The molecule has 1 aromatic carbocycles. The fourth-order valence-electron chi connectivity index (χ4n) is 0.938. The molecule has 0 aliphatic carbocycles. The minimum Gasteiger partial charge on any atom is -0.495 e. The Kier molecular flexibility index (Phi) is 12.2. The minimum atomic E-state index is -0.0977. The number of carbonyl (C=O) groups excluding carboxylic acids is 1. The molecule has 1 amide bonds. The molecule has 0 bridgehead atoms. The van der Waals surface area contributed by atoms with Gasteiger partial charge < -0.3 is 10.1 Å². The van der Waals surface area contributed by atoms with E-state index in [0.717, 1.165) is 0 Å². The Morgan fingerprint density at radius 2 is 1.62 bits per heavy atom. The monoisotopic (exact) mass is 225 g/mol. The third kappa shape index (κ3) is 6.87. The van der Waals surface area contributed by atoms with E-state index in [9.17, 15) is 4.79 Å². The maximum absolute atomic E-state index is 10.7. The van der Waals surface area contributed by atoms with Crippen molar-refractivity contribution >= 4 is 11.6 Å². The molecule has 0 heterocycles. The maximum atomic E-state index is 10.7. The van der Waals surface area contributed by atoms with Crippen molar-refractivity contribution in [1.29, 1.82) is 0 Å². The molecule has 92 valence electrons. The van der Waals surface area contributed by atoms with Gasteiger partial charge in [-0.15, -0.1) is 0 Å². The van der Waals surface area contributed by atoms with Crippen LogP contribution >= 0.6 is 0 Å². The summed E-state index contributed by atoms with van der Waals surface area (Å²) in [4.78, 5) is 10.7. The van der Waals surface area contributed by atoms with Crippen LogP contribution in [0.1, 0.15) is 34.6 Å². The Morgan fingerprint density at radius 3 is 2.06 bits per heavy atom. The molecule has 0 aliphatic rings. The number of amides is 1. The second kappa shape index (κ2) is 11.6. The van der Waals surface area contributed by atoms with Crippen molar-refractivity contribution in [2.45, 2.75) is 34.6 Å². The smallest absolute Gasteiger partial charge is 0.221 e. The molecule has 16 heavy (non-hydrogen) atoms. The lowest BCUT2D eigenvalue weighted by molar-refractivity contribution is -0.114. The van der Waals surface area contributed by atoms with Crippen LogP contribution in [-0.4, -0.2) is 13.0 Å². The molecule has 1 N–H and O–H groups in total. The molecular formula is C13H23NO2. The quantitative estimate of drug-likeness (QED) is 0.833. The highest BCUT2D eigenvalue weighted by atomic mass is 16.5. The van der Waals surface area contributed by atoms with Gasteiger partial charge in [-0.25, -0.2) is 0 Å². The molecule has 0 atom stereocenters. The first-order chi connectivity index (χ1) is 7.74. The van der Waals surface area contributed by atoms with Crippen LogP contribution in [-0.2, 0) is 4.79 Å². The Bertz CT molecular complexity index is 285. The molecular weight excluding hydrogens is 202 g/mol. The van der Waals surface area contributed by atoms with Gasteiger partial charge in [0.15, 0.2) is 0 Å². The largest absolute Gasteiger partial charge is 0.495 e. The first-order valence-electron chi connectivity index (χ1n) is 5.64. The zero-order valence-corrected chi connectivity index (χ0v) is 11.1. The Balaban J connectivity index is 0. The third-order valence-electron chi connectivity index (χ3n) is 1.42. The number of methoxy groups -OCH3 is 1. The number of carbonyl (C=O) groups is 1. The van der Waals surface area contributed by atoms with Gasteiger partial charge in [0.1, 0.15) is 5.75 Å². The molecule has 3 heteroatoms. The summed E-state index contributed by atoms with van der Waals surface area (Å²) >= 11 is 0. The summed E-state index contributed by atoms with van der Waals surface area (Å²) in [6, 6.07) is 7.28. The number of para-hydroxylation sites is 2. The highest BCUT2D eigenvalue weighted by Gasteiger charge is 2.01. The van der Waals surface area contributed by atoms with Crippen LogP contribution in [0.2, 0.25) is 0 Å². The molecule has 0 aliphatic heterocycles. The van der Waals surface area contributed by atoms with Crippen LogP contribution in [0.15, 0.2) is 24.3 Å². The van der Waals surface area contributed by atoms with Crippen molar-refractivity contribution in [3.63, 3.8) is 0 Å². The van der Waals surface area contributed by atoms with Crippen LogP contribution < -0.4 is 10.1 Å². The molecule has 0 spiro atoms. The van der Waals surface area contributed by atoms with E-state index < -0.39 is 0 Å². The predicted molar refractivity (Wildman–Crippen MR) is 70.0 cm³/mol. The van der Waals surface area contributed by atoms with Crippen LogP contribution in [0.25, 0.3) is 0 Å². The van der Waals surface area contributed by atoms with E-state index >= 15 is 0 Å². The molecule has 0 unspecified atom stereocenters. The summed E-state index contributed by atoms with van der Waals surface area (Å²) in [6.07, 6.45) is 0. The standard InChI is InChI=1S/C9H11NO2.2C2H6/c1-7(11)10-8-5-3-4-6-9(8)12-2;2*1-2/h3-6H,1-2H3,(H,10,11);2*1-2H3. The lowest BCUT2D eigenvalue weighted by atomic mass is 10.3. The van der Waals surface area contributed by atoms with Gasteiger partial charge in [-0.2, -0.15) is 0 Å². The highest BCUT2D eigenvalue weighted by Crippen LogP contribution is 2.22. The number of nitrogens with one attached hydrogen (secondary N) is 1. The molecule has 0 saturated carbocycles. The van der Waals surface area contributed by atoms with Crippen molar-refractivity contribution in [2.24, 2.45) is 0 Å². The van der Waals surface area contributed by atoms with E-state index in [1.807, 2.05) is 39.8 Å². The highest BCUT2D eigenvalue weighted by molar-refractivity contribution is 5.90. The summed E-state index contributed by atoms with van der Waals surface area (Å²) in [5.74, 6) is 0.576. The number of ether oxygens (including phenoxy) is 1. The summed E-state index contributed by atoms with van der Waals surface area (Å²) in [5, 5.41) is 2.66. The lowest BCUT2D eigenvalue weighted by Gasteiger charge is -2.07. The molecule has 0 radical (unpaired) electrons. The summed E-state index contributed by atoms with van der Waals surface area (Å²) in [5.41, 5.74) is 0.701. The predicted octanol–water partition coefficient (Wildman–Crippen LogP) is 3.71. The first-order valence-corrected chi connectivity index (χ1v) is 5.64. The topological polar surface area (TPSA) is 38.3 Å². The van der Waals surface area contributed by atoms with E-state index in [0.29, 0.717) is 11.4 Å². The Morgan fingerprint density at radius 1 is 1.12 bits per heavy atom. The second-order valence-corrected chi connectivity index (χ2v) is 2.38. The van der Waals surface area contributed by atoms with Crippen molar-refractivity contribution in [3.8, 4) is 5.75 Å². The zero-order valence-electron chi connectivity index (χ0n) is 11.1. The van der Waals surface area contributed by atoms with Crippen molar-refractivity contribution in [1.82, 2.24) is 0 Å². The first kappa shape index (κ1) is 16.9. The van der Waals surface area contributed by atoms with Gasteiger partial charge in [0.25, 0.3) is 0 Å². The average molecular weight is 225 g/mol. The van der Waals surface area contributed by atoms with E-state index in [1.54, 1.807) is 19.2 Å². The van der Waals surface area contributed by atoms with Gasteiger partial charge in [-0.1, -0.05) is 39.8 Å². The molecule has 3 nitrogen and oxygen atoms in total. The van der Waals surface area contributed by atoms with Crippen LogP contribution in [0, 0.1) is 0 Å². The van der Waals surface area contributed by atoms with Crippen LogP contribution in [0.3, 0.4) is 0 Å². The van der Waals surface area contributed by atoms with E-state index in [2.05, 4.69) is 5.32 Å². The van der Waals surface area contributed by atoms with Crippen LogP contribution in [0.5, 0.6) is 5.75 Å². The Labute approximate surface area is 98.8 Å². The number of rotatable bonds is 2. The van der Waals surface area contributed by atoms with E-state index in [4.69, 9.17) is 4.74 Å². The van der Waals surface area contributed by atoms with E-state index in [-0.39, 0.29) is 5.91 Å². The fourth-order valence-corrected chi connectivity index (χ4v) is 0.938. The number of anilines is 1. The van der Waals surface area contributed by atoms with Crippen LogP contribution in [0.4, 0.5) is 5.69 Å². The fraction of sp³-hybridized carbons (Fsp3) is 0.462. The number of hydrogen-bond acceptors (Lipinski definition) is 2. The van der Waals surface area contributed by atoms with Gasteiger partial charge in [-0.05, 0) is 12.1 Å². The van der Waals surface area contributed by atoms with Crippen molar-refractivity contribution in [2.75, 3.05) is 12.4 Å². The van der Waals surface area contributed by atoms with Gasteiger partial charge in [0.2, 0.25) is 5.91 Å². The molecule has 1 rings (SSSR count). The summed E-state index contributed by atoms with van der Waals surface area (Å²) in [7, 11) is 1.57. The number of hydrogen-bond donors (Lipinski definition) is 1. The van der Waals surface area contributed by atoms with Gasteiger partial charge in [0.05, 0.1) is 12.8 Å². The maximum Gasteiger partial charge on any atom is 0.221 e. The SMILES string of the molecule is CC.CC.COc1ccccc1NC(C)=O. The summed E-state index contributed by atoms with van der Waals surface area (Å²) in [6.45, 7) is 9.46. The average Bonchev–Trinajstić information content (AvgIpc) is 2.34. The van der Waals surface area contributed by atoms with Gasteiger partial charge in [-0.3, -0.25) is 4.79 Å². The van der Waals surface area contributed by atoms with Crippen molar-refractivity contribution in [3.05, 3.63) is 24.3 Å². The zero-order chi connectivity index (χ0) is 13.0. The minimum absolute atomic E-state index is 0.0977. The second-order valence-electron chi connectivity index (χ2n) is 2.38. The third-order valence-corrected chi connectivity index (χ3v) is 1.42. The normalized spacial score (nSPS) is 7.62. The van der Waals surface area contributed by atoms with E-state index in [1.165, 1.54) is 6.92 Å². The molecule has 0 aromatic heterocycles. The number of benzene rings is 1.